The second kappa shape index (κ2) is 9.39. The highest BCUT2D eigenvalue weighted by Crippen LogP contribution is 2.33. The van der Waals surface area contributed by atoms with Crippen LogP contribution in [0.4, 0.5) is 18.3 Å². The number of nitrogens with one attached hydrogen (secondary N) is 1. The van der Waals surface area contributed by atoms with Gasteiger partial charge in [-0.1, -0.05) is 19.1 Å². The zero-order chi connectivity index (χ0) is 24.5. The molecule has 1 N–H and O–H groups in total. The monoisotopic (exact) mass is 511 g/mol. The van der Waals surface area contributed by atoms with Crippen LogP contribution < -0.4 is 5.32 Å². The van der Waals surface area contributed by atoms with Gasteiger partial charge in [0.15, 0.2) is 15.0 Å². The number of anilines is 1. The van der Waals surface area contributed by atoms with Crippen LogP contribution >= 0.6 is 11.3 Å². The number of hydrogen-bond acceptors (Lipinski definition) is 8. The Hall–Kier alpha value is -2.90. The van der Waals surface area contributed by atoms with Gasteiger partial charge in [-0.05, 0) is 17.7 Å². The molecule has 3 heterocycles. The van der Waals surface area contributed by atoms with Crippen LogP contribution in [0, 0.1) is 0 Å². The topological polar surface area (TPSA) is 105 Å². The number of rotatable bonds is 7. The van der Waals surface area contributed by atoms with E-state index in [2.05, 4.69) is 25.2 Å². The Labute approximate surface area is 197 Å². The number of amides is 1. The lowest BCUT2D eigenvalue weighted by Gasteiger charge is -2.15. The highest BCUT2D eigenvalue weighted by Gasteiger charge is 2.30. The van der Waals surface area contributed by atoms with Gasteiger partial charge in [0.2, 0.25) is 5.91 Å². The number of alkyl halides is 3. The second-order valence-electron chi connectivity index (χ2n) is 7.69. The molecule has 13 heteroatoms. The van der Waals surface area contributed by atoms with Crippen molar-refractivity contribution in [2.75, 3.05) is 11.1 Å². The van der Waals surface area contributed by atoms with Gasteiger partial charge in [-0.2, -0.15) is 13.2 Å². The third-order valence-electron chi connectivity index (χ3n) is 5.19. The van der Waals surface area contributed by atoms with E-state index < -0.39 is 21.6 Å². The van der Waals surface area contributed by atoms with E-state index in [1.54, 1.807) is 0 Å². The Morgan fingerprint density at radius 1 is 1.15 bits per heavy atom. The highest BCUT2D eigenvalue weighted by molar-refractivity contribution is 7.91. The van der Waals surface area contributed by atoms with E-state index in [4.69, 9.17) is 0 Å². The number of sulfone groups is 1. The summed E-state index contributed by atoms with van der Waals surface area (Å²) in [5.74, 6) is -0.244. The summed E-state index contributed by atoms with van der Waals surface area (Å²) >= 11 is 1.34. The molecule has 4 rings (SSSR count). The largest absolute Gasteiger partial charge is 0.416 e. The predicted molar refractivity (Wildman–Crippen MR) is 119 cm³/mol. The van der Waals surface area contributed by atoms with Crippen LogP contribution in [0.25, 0.3) is 0 Å². The van der Waals surface area contributed by atoms with Crippen LogP contribution in [0.15, 0.2) is 41.6 Å². The molecule has 1 aliphatic rings. The maximum absolute atomic E-state index is 12.7. The van der Waals surface area contributed by atoms with Gasteiger partial charge >= 0.3 is 6.18 Å². The van der Waals surface area contributed by atoms with Gasteiger partial charge in [-0.3, -0.25) is 9.69 Å². The van der Waals surface area contributed by atoms with Crippen LogP contribution in [0.3, 0.4) is 0 Å². The van der Waals surface area contributed by atoms with E-state index >= 15 is 0 Å². The molecule has 1 aromatic carbocycles. The summed E-state index contributed by atoms with van der Waals surface area (Å²) in [7, 11) is -3.41. The number of fused-ring (bicyclic) bond motifs is 1. The SMILES string of the molecule is CCS(=O)(=O)c1cnc(CC(=O)Nc2nc3c(s2)CN(Cc2ccc(C(F)(F)F)cc2)C3)nc1. The molecular weight excluding hydrogens is 491 g/mol. The van der Waals surface area contributed by atoms with Gasteiger partial charge in [-0.25, -0.2) is 23.4 Å². The normalized spacial score (nSPS) is 14.2. The van der Waals surface area contributed by atoms with Crippen molar-refractivity contribution in [2.24, 2.45) is 0 Å². The summed E-state index contributed by atoms with van der Waals surface area (Å²) in [6.45, 7) is 3.12. The number of benzene rings is 1. The molecule has 2 aromatic heterocycles. The first-order valence-electron chi connectivity index (χ1n) is 10.2. The summed E-state index contributed by atoms with van der Waals surface area (Å²) < 4.78 is 61.7. The molecule has 8 nitrogen and oxygen atoms in total. The fourth-order valence-corrected chi connectivity index (χ4v) is 5.18. The van der Waals surface area contributed by atoms with E-state index in [-0.39, 0.29) is 28.8 Å². The predicted octanol–water partition coefficient (Wildman–Crippen LogP) is 3.44. The molecule has 0 bridgehead atoms. The van der Waals surface area contributed by atoms with Crippen LogP contribution in [-0.4, -0.2) is 39.9 Å². The zero-order valence-corrected chi connectivity index (χ0v) is 19.6. The molecule has 1 aliphatic heterocycles. The smallest absolute Gasteiger partial charge is 0.302 e. The molecule has 180 valence electrons. The fraction of sp³-hybridized carbons (Fsp3) is 0.333. The summed E-state index contributed by atoms with van der Waals surface area (Å²) in [5, 5.41) is 3.15. The highest BCUT2D eigenvalue weighted by atomic mass is 32.2. The Bertz CT molecular complexity index is 1270. The summed E-state index contributed by atoms with van der Waals surface area (Å²) in [4.78, 5) is 27.7. The maximum atomic E-state index is 12.7. The van der Waals surface area contributed by atoms with Gasteiger partial charge in [0, 0.05) is 36.9 Å². The van der Waals surface area contributed by atoms with E-state index in [1.807, 2.05) is 0 Å². The van der Waals surface area contributed by atoms with E-state index in [0.717, 1.165) is 28.3 Å². The van der Waals surface area contributed by atoms with Crippen molar-refractivity contribution in [3.8, 4) is 0 Å². The molecule has 0 aliphatic carbocycles. The lowest BCUT2D eigenvalue weighted by molar-refractivity contribution is -0.137. The number of halogens is 3. The molecule has 3 aromatic rings. The standard InChI is InChI=1S/C21H20F3N5O3S2/c1-2-34(31,32)15-8-25-18(26-9-15)7-19(30)28-20-27-16-11-29(12-17(16)33-20)10-13-3-5-14(6-4-13)21(22,23)24/h3-6,8-9H,2,7,10-12H2,1H3,(H,27,28,30). The number of aromatic nitrogens is 3. The third-order valence-corrected chi connectivity index (χ3v) is 7.88. The molecule has 0 saturated carbocycles. The van der Waals surface area contributed by atoms with E-state index in [1.165, 1.54) is 42.8 Å². The van der Waals surface area contributed by atoms with Crippen molar-refractivity contribution in [1.29, 1.82) is 0 Å². The average Bonchev–Trinajstić information content (AvgIpc) is 3.31. The van der Waals surface area contributed by atoms with Crippen LogP contribution in [-0.2, 0) is 46.9 Å². The van der Waals surface area contributed by atoms with Crippen LogP contribution in [0.1, 0.15) is 34.4 Å². The molecule has 0 unspecified atom stereocenters. The number of carbonyl (C=O) groups excluding carboxylic acids is 1. The zero-order valence-electron chi connectivity index (χ0n) is 18.0. The molecule has 0 fully saturated rings. The van der Waals surface area contributed by atoms with Crippen LogP contribution in [0.5, 0.6) is 0 Å². The quantitative estimate of drug-likeness (QED) is 0.518. The van der Waals surface area contributed by atoms with Gasteiger partial charge in [0.05, 0.1) is 23.4 Å². The summed E-state index contributed by atoms with van der Waals surface area (Å²) in [6, 6.07) is 5.10. The van der Waals surface area contributed by atoms with Crippen molar-refractivity contribution in [1.82, 2.24) is 19.9 Å². The van der Waals surface area contributed by atoms with Gasteiger partial charge in [0.1, 0.15) is 10.7 Å². The van der Waals surface area contributed by atoms with Crippen molar-refractivity contribution in [3.63, 3.8) is 0 Å². The van der Waals surface area contributed by atoms with Gasteiger partial charge < -0.3 is 5.32 Å². The molecular formula is C21H20F3N5O3S2. The number of hydrogen-bond donors (Lipinski definition) is 1. The van der Waals surface area contributed by atoms with Gasteiger partial charge in [-0.15, -0.1) is 11.3 Å². The minimum Gasteiger partial charge on any atom is -0.302 e. The van der Waals surface area contributed by atoms with E-state index in [0.29, 0.717) is 24.8 Å². The third kappa shape index (κ3) is 5.59. The first kappa shape index (κ1) is 24.2. The molecule has 1 amide bonds. The van der Waals surface area contributed by atoms with Crippen molar-refractivity contribution >= 4 is 32.2 Å². The molecule has 0 radical (unpaired) electrons. The lowest BCUT2D eigenvalue weighted by atomic mass is 10.1. The van der Waals surface area contributed by atoms with Gasteiger partial charge in [0.25, 0.3) is 0 Å². The van der Waals surface area contributed by atoms with E-state index in [9.17, 15) is 26.4 Å². The average molecular weight is 512 g/mol. The Kier molecular flexibility index (Phi) is 6.69. The fourth-order valence-electron chi connectivity index (χ4n) is 3.39. The minimum absolute atomic E-state index is 0.0105. The Morgan fingerprint density at radius 3 is 2.41 bits per heavy atom. The molecule has 34 heavy (non-hydrogen) atoms. The number of carbonyl (C=O) groups is 1. The molecule has 0 saturated heterocycles. The van der Waals surface area contributed by atoms with Crippen molar-refractivity contribution in [3.05, 3.63) is 64.2 Å². The summed E-state index contributed by atoms with van der Waals surface area (Å²) in [5.41, 5.74) is 0.915. The number of nitrogens with zero attached hydrogens (tertiary/aromatic N) is 4. The first-order valence-corrected chi connectivity index (χ1v) is 12.7. The maximum Gasteiger partial charge on any atom is 0.416 e. The molecule has 0 atom stereocenters. The summed E-state index contributed by atoms with van der Waals surface area (Å²) in [6.07, 6.45) is -2.10. The van der Waals surface area contributed by atoms with Crippen molar-refractivity contribution < 1.29 is 26.4 Å². The van der Waals surface area contributed by atoms with Crippen molar-refractivity contribution in [2.45, 2.75) is 44.1 Å². The van der Waals surface area contributed by atoms with Crippen LogP contribution in [0.2, 0.25) is 0 Å². The second-order valence-corrected chi connectivity index (χ2v) is 11.1. The molecule has 0 spiro atoms. The Morgan fingerprint density at radius 2 is 1.82 bits per heavy atom. The lowest BCUT2D eigenvalue weighted by Crippen LogP contribution is -2.18. The Balaban J connectivity index is 1.30. The minimum atomic E-state index is -4.35. The number of thiazole rings is 1. The first-order chi connectivity index (χ1) is 16.0.